The van der Waals surface area contributed by atoms with Crippen LogP contribution in [0.4, 0.5) is 0 Å². The summed E-state index contributed by atoms with van der Waals surface area (Å²) < 4.78 is 4.14. The fourth-order valence-electron chi connectivity index (χ4n) is 3.76. The average molecular weight is 337 g/mol. The first kappa shape index (κ1) is 15.0. The van der Waals surface area contributed by atoms with E-state index in [2.05, 4.69) is 36.8 Å². The summed E-state index contributed by atoms with van der Waals surface area (Å²) in [6.07, 6.45) is 10.5. The molecule has 3 aromatic rings. The van der Waals surface area contributed by atoms with Crippen LogP contribution >= 0.6 is 0 Å². The molecule has 0 spiro atoms. The second-order valence-corrected chi connectivity index (χ2v) is 7.28. The molecule has 1 aliphatic carbocycles. The lowest BCUT2D eigenvalue weighted by Gasteiger charge is -2.31. The topological polar surface area (TPSA) is 64.1 Å². The van der Waals surface area contributed by atoms with E-state index in [0.29, 0.717) is 11.8 Å². The Balaban J connectivity index is 1.25. The van der Waals surface area contributed by atoms with E-state index in [9.17, 15) is 0 Å². The molecule has 0 aromatic carbocycles. The minimum Gasteiger partial charge on any atom is -0.336 e. The molecule has 4 heterocycles. The number of aromatic nitrogens is 6. The number of nitrogens with zero attached hydrogens (tertiary/aromatic N) is 7. The van der Waals surface area contributed by atoms with Crippen LogP contribution in [0.1, 0.15) is 49.0 Å². The standard InChI is InChI=1S/C18H23N7/c1-2-14(1)16-3-4-17-20-21-18(25(17)22-16)15-5-8-23(9-6-15)11-12-24-10-7-19-13-24/h3-4,7,10,13-15H,1-2,5-6,8-9,11-12H2. The first-order chi connectivity index (χ1) is 12.4. The molecule has 7 heteroatoms. The molecule has 5 rings (SSSR count). The number of rotatable bonds is 5. The van der Waals surface area contributed by atoms with Gasteiger partial charge in [0.1, 0.15) is 0 Å². The minimum absolute atomic E-state index is 0.460. The molecule has 1 saturated carbocycles. The molecule has 130 valence electrons. The zero-order valence-electron chi connectivity index (χ0n) is 14.3. The summed E-state index contributed by atoms with van der Waals surface area (Å²) in [7, 11) is 0. The van der Waals surface area contributed by atoms with Gasteiger partial charge in [-0.25, -0.2) is 4.98 Å². The van der Waals surface area contributed by atoms with Gasteiger partial charge in [-0.05, 0) is 50.9 Å². The molecule has 1 saturated heterocycles. The SMILES string of the molecule is c1cn(CCN2CCC(c3nnc4ccc(C5CC5)nn34)CC2)cn1. The fourth-order valence-corrected chi connectivity index (χ4v) is 3.76. The predicted octanol–water partition coefficient (Wildman–Crippen LogP) is 2.08. The van der Waals surface area contributed by atoms with Gasteiger partial charge in [-0.3, -0.25) is 0 Å². The van der Waals surface area contributed by atoms with Crippen molar-refractivity contribution in [2.45, 2.75) is 44.1 Å². The van der Waals surface area contributed by atoms with E-state index >= 15 is 0 Å². The second-order valence-electron chi connectivity index (χ2n) is 7.28. The lowest BCUT2D eigenvalue weighted by atomic mass is 9.96. The van der Waals surface area contributed by atoms with Crippen molar-refractivity contribution in [2.75, 3.05) is 19.6 Å². The molecule has 0 unspecified atom stereocenters. The van der Waals surface area contributed by atoms with Gasteiger partial charge < -0.3 is 9.47 Å². The van der Waals surface area contributed by atoms with Gasteiger partial charge in [-0.1, -0.05) is 0 Å². The highest BCUT2D eigenvalue weighted by Gasteiger charge is 2.28. The Hall–Kier alpha value is -2.28. The van der Waals surface area contributed by atoms with Crippen molar-refractivity contribution in [1.82, 2.24) is 34.3 Å². The van der Waals surface area contributed by atoms with Crippen LogP contribution in [-0.2, 0) is 6.54 Å². The van der Waals surface area contributed by atoms with Crippen molar-refractivity contribution in [3.8, 4) is 0 Å². The summed E-state index contributed by atoms with van der Waals surface area (Å²) in [4.78, 5) is 6.63. The van der Waals surface area contributed by atoms with Crippen LogP contribution in [0.15, 0.2) is 30.9 Å². The minimum atomic E-state index is 0.460. The Morgan fingerprint density at radius 2 is 1.84 bits per heavy atom. The van der Waals surface area contributed by atoms with Gasteiger partial charge in [-0.15, -0.1) is 10.2 Å². The summed E-state index contributed by atoms with van der Waals surface area (Å²) in [6, 6.07) is 4.18. The van der Waals surface area contributed by atoms with E-state index in [1.807, 2.05) is 23.2 Å². The molecule has 0 amide bonds. The highest BCUT2D eigenvalue weighted by atomic mass is 15.4. The van der Waals surface area contributed by atoms with Crippen LogP contribution in [0.5, 0.6) is 0 Å². The summed E-state index contributed by atoms with van der Waals surface area (Å²) in [6.45, 7) is 4.30. The second kappa shape index (κ2) is 6.22. The molecule has 0 N–H and O–H groups in total. The quantitative estimate of drug-likeness (QED) is 0.713. The summed E-state index contributed by atoms with van der Waals surface area (Å²) in [5, 5.41) is 13.6. The van der Waals surface area contributed by atoms with Crippen LogP contribution in [0.25, 0.3) is 5.65 Å². The van der Waals surface area contributed by atoms with Crippen LogP contribution in [0.2, 0.25) is 0 Å². The molecular formula is C18H23N7. The first-order valence-corrected chi connectivity index (χ1v) is 9.27. The number of fused-ring (bicyclic) bond motifs is 1. The molecule has 25 heavy (non-hydrogen) atoms. The van der Waals surface area contributed by atoms with E-state index < -0.39 is 0 Å². The third kappa shape index (κ3) is 3.04. The molecule has 0 bridgehead atoms. The first-order valence-electron chi connectivity index (χ1n) is 9.27. The highest BCUT2D eigenvalue weighted by Crippen LogP contribution is 2.39. The number of hydrogen-bond acceptors (Lipinski definition) is 5. The van der Waals surface area contributed by atoms with E-state index in [-0.39, 0.29) is 0 Å². The fraction of sp³-hybridized carbons (Fsp3) is 0.556. The Morgan fingerprint density at radius 3 is 2.60 bits per heavy atom. The Kier molecular flexibility index (Phi) is 3.73. The molecule has 7 nitrogen and oxygen atoms in total. The lowest BCUT2D eigenvalue weighted by Crippen LogP contribution is -2.35. The zero-order valence-corrected chi connectivity index (χ0v) is 14.3. The predicted molar refractivity (Wildman–Crippen MR) is 93.4 cm³/mol. The van der Waals surface area contributed by atoms with Crippen molar-refractivity contribution in [3.63, 3.8) is 0 Å². The number of imidazole rings is 1. The molecule has 2 fully saturated rings. The van der Waals surface area contributed by atoms with Gasteiger partial charge in [0.15, 0.2) is 11.5 Å². The van der Waals surface area contributed by atoms with Gasteiger partial charge in [0.25, 0.3) is 0 Å². The van der Waals surface area contributed by atoms with Gasteiger partial charge in [0.05, 0.1) is 12.0 Å². The van der Waals surface area contributed by atoms with Crippen molar-refractivity contribution in [2.24, 2.45) is 0 Å². The highest BCUT2D eigenvalue weighted by molar-refractivity contribution is 5.38. The Bertz CT molecular complexity index is 842. The van der Waals surface area contributed by atoms with E-state index in [4.69, 9.17) is 5.10 Å². The largest absolute Gasteiger partial charge is 0.336 e. The summed E-state index contributed by atoms with van der Waals surface area (Å²) >= 11 is 0. The van der Waals surface area contributed by atoms with Crippen molar-refractivity contribution in [1.29, 1.82) is 0 Å². The average Bonchev–Trinajstić information content (AvgIpc) is 3.21. The van der Waals surface area contributed by atoms with Crippen LogP contribution in [0.3, 0.4) is 0 Å². The summed E-state index contributed by atoms with van der Waals surface area (Å²) in [5.41, 5.74) is 2.08. The van der Waals surface area contributed by atoms with Gasteiger partial charge in [0.2, 0.25) is 0 Å². The van der Waals surface area contributed by atoms with Gasteiger partial charge in [0, 0.05) is 37.3 Å². The number of likely N-dealkylation sites (tertiary alicyclic amines) is 1. The van der Waals surface area contributed by atoms with Crippen molar-refractivity contribution < 1.29 is 0 Å². The number of piperidine rings is 1. The molecule has 3 aromatic heterocycles. The molecule has 0 atom stereocenters. The van der Waals surface area contributed by atoms with Crippen molar-refractivity contribution >= 4 is 5.65 Å². The molecular weight excluding hydrogens is 314 g/mol. The molecule has 2 aliphatic rings. The third-order valence-electron chi connectivity index (χ3n) is 5.49. The maximum Gasteiger partial charge on any atom is 0.177 e. The van der Waals surface area contributed by atoms with Crippen LogP contribution in [0, 0.1) is 0 Å². The molecule has 1 aliphatic heterocycles. The van der Waals surface area contributed by atoms with E-state index in [1.54, 1.807) is 0 Å². The van der Waals surface area contributed by atoms with Gasteiger partial charge in [-0.2, -0.15) is 9.61 Å². The number of hydrogen-bond donors (Lipinski definition) is 0. The summed E-state index contributed by atoms with van der Waals surface area (Å²) in [5.74, 6) is 2.16. The zero-order chi connectivity index (χ0) is 16.6. The Labute approximate surface area is 146 Å². The lowest BCUT2D eigenvalue weighted by molar-refractivity contribution is 0.201. The van der Waals surface area contributed by atoms with Crippen LogP contribution in [-0.4, -0.2) is 53.9 Å². The van der Waals surface area contributed by atoms with Gasteiger partial charge >= 0.3 is 0 Å². The Morgan fingerprint density at radius 1 is 0.960 bits per heavy atom. The molecule has 0 radical (unpaired) electrons. The smallest absolute Gasteiger partial charge is 0.177 e. The third-order valence-corrected chi connectivity index (χ3v) is 5.49. The monoisotopic (exact) mass is 337 g/mol. The van der Waals surface area contributed by atoms with E-state index in [1.165, 1.54) is 18.5 Å². The van der Waals surface area contributed by atoms with E-state index in [0.717, 1.165) is 50.5 Å². The van der Waals surface area contributed by atoms with Crippen molar-refractivity contribution in [3.05, 3.63) is 42.4 Å². The van der Waals surface area contributed by atoms with Crippen LogP contribution < -0.4 is 0 Å². The maximum absolute atomic E-state index is 4.83. The normalized spacial score (nSPS) is 19.7. The maximum atomic E-state index is 4.83.